The Kier molecular flexibility index (Phi) is 8.77. The number of amides is 2. The summed E-state index contributed by atoms with van der Waals surface area (Å²) >= 11 is 2.22. The predicted octanol–water partition coefficient (Wildman–Crippen LogP) is 1.00. The molecule has 2 fully saturated rings. The molecule has 3 aliphatic rings. The number of aliphatic carboxylic acids is 2. The first kappa shape index (κ1) is 31.8. The van der Waals surface area contributed by atoms with Crippen LogP contribution in [0.3, 0.4) is 0 Å². The Balaban J connectivity index is 1.30. The number of allylic oxidation sites excluding steroid dienone is 1. The number of carbonyl (C=O) groups is 4. The van der Waals surface area contributed by atoms with Crippen LogP contribution < -0.4 is 11.1 Å². The van der Waals surface area contributed by atoms with Gasteiger partial charge in [0.05, 0.1) is 26.7 Å². The summed E-state index contributed by atoms with van der Waals surface area (Å²) in [6.45, 7) is 2.87. The number of rotatable bonds is 11. The number of hydrogen-bond acceptors (Lipinski definition) is 12. The zero-order valence-corrected chi connectivity index (χ0v) is 25.6. The lowest BCUT2D eigenvalue weighted by atomic mass is 9.90. The number of likely N-dealkylation sites (tertiary alicyclic amines) is 1. The Bertz CT molecular complexity index is 1630. The van der Waals surface area contributed by atoms with E-state index < -0.39 is 52.3 Å². The van der Waals surface area contributed by atoms with Gasteiger partial charge in [0, 0.05) is 29.5 Å². The average Bonchev–Trinajstić information content (AvgIpc) is 3.63. The summed E-state index contributed by atoms with van der Waals surface area (Å²) in [5.74, 6) is -5.23. The molecule has 15 nitrogen and oxygen atoms in total. The number of phenols is 2. The number of nitrogens with one attached hydrogen (secondary N) is 1. The second kappa shape index (κ2) is 12.4. The number of phenolic OH excluding ortho intramolecular Hbond substituents is 2. The summed E-state index contributed by atoms with van der Waals surface area (Å²) in [7, 11) is 2.16. The number of thiazole rings is 1. The van der Waals surface area contributed by atoms with Crippen molar-refractivity contribution in [1.29, 1.82) is 0 Å². The fraction of sp³-hybridized carbons (Fsp3) is 0.357. The van der Waals surface area contributed by atoms with Crippen molar-refractivity contribution in [2.75, 3.05) is 38.2 Å². The molecule has 2 amide bonds. The van der Waals surface area contributed by atoms with E-state index in [1.807, 2.05) is 6.08 Å². The van der Waals surface area contributed by atoms with E-state index in [0.29, 0.717) is 17.5 Å². The highest BCUT2D eigenvalue weighted by atomic mass is 32.2. The molecule has 2 aromatic rings. The summed E-state index contributed by atoms with van der Waals surface area (Å²) in [6.07, 6.45) is 6.64. The Labute approximate surface area is 264 Å². The maximum Gasteiger partial charge on any atom is 0.362 e. The number of carbonyl (C=O) groups excluding carboxylic acids is 2. The summed E-state index contributed by atoms with van der Waals surface area (Å²) in [4.78, 5) is 61.0. The number of nitrogens with zero attached hydrogens (tertiary/aromatic N) is 4. The van der Waals surface area contributed by atoms with Crippen molar-refractivity contribution >= 4 is 58.2 Å². The Morgan fingerprint density at radius 2 is 1.98 bits per heavy atom. The van der Waals surface area contributed by atoms with Gasteiger partial charge in [-0.1, -0.05) is 11.2 Å². The van der Waals surface area contributed by atoms with E-state index in [1.165, 1.54) is 23.2 Å². The van der Waals surface area contributed by atoms with Gasteiger partial charge in [0.1, 0.15) is 29.0 Å². The molecule has 7 N–H and O–H groups in total. The number of nitrogens with two attached hydrogens (primary N) is 1. The number of nitrogen functional groups attached to an aromatic ring is 1. The first-order chi connectivity index (χ1) is 21.4. The van der Waals surface area contributed by atoms with Crippen molar-refractivity contribution in [2.45, 2.75) is 29.9 Å². The second-order valence-corrected chi connectivity index (χ2v) is 13.0. The number of quaternary nitrogens is 1. The fourth-order valence-electron chi connectivity index (χ4n) is 5.56. The number of hydrogen-bond donors (Lipinski definition) is 6. The zero-order valence-electron chi connectivity index (χ0n) is 24.0. The largest absolute Gasteiger partial charge is 0.504 e. The van der Waals surface area contributed by atoms with Crippen LogP contribution in [0.1, 0.15) is 24.1 Å². The van der Waals surface area contributed by atoms with Gasteiger partial charge in [-0.15, -0.1) is 23.1 Å². The molecule has 1 aromatic carbocycles. The van der Waals surface area contributed by atoms with Crippen LogP contribution in [0.4, 0.5) is 5.13 Å². The molecule has 45 heavy (non-hydrogen) atoms. The molecule has 0 radical (unpaired) electrons. The maximum absolute atomic E-state index is 13.0. The monoisotopic (exact) mass is 659 g/mol. The molecular formula is C28H31N6O9S2+. The number of carboxylic acids is 2. The first-order valence-electron chi connectivity index (χ1n) is 13.8. The molecule has 1 aromatic heterocycles. The standard InChI is InChI=1S/C28H30N6O9S2/c1-34(8-2-3-9-34)10-4-5-15-13-44-24-21(23(38)33(24)22(15)25(39)40)32-20(37)12-30-43-28(26(41)42,19-14-45-27(29)31-19)16-6-7-17(35)18(36)11-16/h4-7,11-12,14,21,24H,2-3,8-10,13H2,1H3,(H6-,29,30,31,32,35,36,37,39,40,41,42)/p+1/b5-4+/t21-,24+,28?/m0/s1. The van der Waals surface area contributed by atoms with Gasteiger partial charge in [-0.3, -0.25) is 14.5 Å². The molecular weight excluding hydrogens is 628 g/mol. The van der Waals surface area contributed by atoms with E-state index in [0.717, 1.165) is 65.3 Å². The third-order valence-corrected chi connectivity index (χ3v) is 9.91. The fourth-order valence-corrected chi connectivity index (χ4v) is 7.48. The van der Waals surface area contributed by atoms with Gasteiger partial charge in [0.2, 0.25) is 0 Å². The van der Waals surface area contributed by atoms with Gasteiger partial charge < -0.3 is 40.8 Å². The van der Waals surface area contributed by atoms with Gasteiger partial charge in [-0.25, -0.2) is 14.6 Å². The van der Waals surface area contributed by atoms with E-state index in [4.69, 9.17) is 10.6 Å². The van der Waals surface area contributed by atoms with Crippen molar-refractivity contribution in [3.63, 3.8) is 0 Å². The Morgan fingerprint density at radius 1 is 1.24 bits per heavy atom. The summed E-state index contributed by atoms with van der Waals surface area (Å²) in [6, 6.07) is 2.10. The lowest BCUT2D eigenvalue weighted by Gasteiger charge is -2.49. The number of carboxylic acid groups (broad SMARTS) is 2. The molecule has 2 saturated heterocycles. The molecule has 0 saturated carbocycles. The van der Waals surface area contributed by atoms with Crippen molar-refractivity contribution in [1.82, 2.24) is 15.2 Å². The molecule has 1 unspecified atom stereocenters. The minimum atomic E-state index is -2.47. The van der Waals surface area contributed by atoms with Gasteiger partial charge in [0.25, 0.3) is 11.8 Å². The van der Waals surface area contributed by atoms with Crippen LogP contribution in [0.5, 0.6) is 11.5 Å². The van der Waals surface area contributed by atoms with E-state index in [2.05, 4.69) is 22.5 Å². The van der Waals surface area contributed by atoms with Crippen LogP contribution in [-0.2, 0) is 29.6 Å². The average molecular weight is 660 g/mol. The van der Waals surface area contributed by atoms with Crippen LogP contribution in [-0.4, -0.2) is 109 Å². The number of aromatic hydroxyl groups is 2. The zero-order chi connectivity index (χ0) is 32.5. The van der Waals surface area contributed by atoms with E-state index >= 15 is 0 Å². The molecule has 0 aliphatic carbocycles. The second-order valence-electron chi connectivity index (χ2n) is 11.0. The van der Waals surface area contributed by atoms with Crippen LogP contribution in [0.15, 0.2) is 52.2 Å². The lowest BCUT2D eigenvalue weighted by Crippen LogP contribution is -2.70. The van der Waals surface area contributed by atoms with E-state index in [-0.39, 0.29) is 22.1 Å². The van der Waals surface area contributed by atoms with Crippen LogP contribution in [0.2, 0.25) is 0 Å². The number of likely N-dealkylation sites (N-methyl/N-ethyl adjacent to an activating group) is 1. The lowest BCUT2D eigenvalue weighted by molar-refractivity contribution is -0.891. The van der Waals surface area contributed by atoms with Gasteiger partial charge in [-0.2, -0.15) is 0 Å². The van der Waals surface area contributed by atoms with Gasteiger partial charge in [-0.05, 0) is 29.8 Å². The Morgan fingerprint density at radius 3 is 2.60 bits per heavy atom. The molecule has 0 bridgehead atoms. The quantitative estimate of drug-likeness (QED) is 0.0653. The molecule has 5 rings (SSSR count). The normalized spacial score (nSPS) is 22.2. The molecule has 3 atom stereocenters. The predicted molar refractivity (Wildman–Crippen MR) is 163 cm³/mol. The Hall–Kier alpha value is -4.61. The summed E-state index contributed by atoms with van der Waals surface area (Å²) in [5.41, 5.74) is 3.21. The highest BCUT2D eigenvalue weighted by Crippen LogP contribution is 2.41. The third-order valence-electron chi connectivity index (χ3n) is 7.93. The molecule has 4 heterocycles. The molecule has 0 spiro atoms. The summed E-state index contributed by atoms with van der Waals surface area (Å²) in [5, 5.41) is 46.5. The van der Waals surface area contributed by atoms with E-state index in [1.54, 1.807) is 6.08 Å². The smallest absolute Gasteiger partial charge is 0.362 e. The van der Waals surface area contributed by atoms with Crippen molar-refractivity contribution in [3.8, 4) is 11.5 Å². The SMILES string of the molecule is C[N+]1(C/C=C/C2=C(C(=O)O)N3C(=O)[C@H](NC(=O)/C=N\OC(C(=O)O)(c4ccc(O)c(O)c4)c4csc(N)n4)[C@H]3SC2)CCCC1. The third kappa shape index (κ3) is 6.05. The number of aromatic nitrogens is 1. The number of anilines is 1. The first-order valence-corrected chi connectivity index (χ1v) is 15.7. The molecule has 238 valence electrons. The van der Waals surface area contributed by atoms with Crippen molar-refractivity contribution in [3.05, 3.63) is 58.3 Å². The van der Waals surface area contributed by atoms with Gasteiger partial charge in [0.15, 0.2) is 16.6 Å². The minimum absolute atomic E-state index is 0.0117. The number of β-lactam (4-membered cyclic amide) rings is 1. The highest BCUT2D eigenvalue weighted by molar-refractivity contribution is 8.00. The molecule has 3 aliphatic heterocycles. The highest BCUT2D eigenvalue weighted by Gasteiger charge is 2.54. The number of benzene rings is 1. The van der Waals surface area contributed by atoms with Crippen molar-refractivity contribution in [2.24, 2.45) is 5.16 Å². The van der Waals surface area contributed by atoms with E-state index in [9.17, 15) is 39.6 Å². The van der Waals surface area contributed by atoms with Crippen molar-refractivity contribution < 1.29 is 48.9 Å². The van der Waals surface area contributed by atoms with Gasteiger partial charge >= 0.3 is 17.5 Å². The maximum atomic E-state index is 13.0. The minimum Gasteiger partial charge on any atom is -0.504 e. The van der Waals surface area contributed by atoms with Crippen LogP contribution in [0.25, 0.3) is 0 Å². The van der Waals surface area contributed by atoms with Crippen LogP contribution >= 0.6 is 23.1 Å². The van der Waals surface area contributed by atoms with Crippen LogP contribution in [0, 0.1) is 0 Å². The topological polar surface area (TPSA) is 225 Å². The number of oxime groups is 1. The molecule has 17 heteroatoms. The summed E-state index contributed by atoms with van der Waals surface area (Å²) < 4.78 is 0.882. The number of fused-ring (bicyclic) bond motifs is 1. The number of thioether (sulfide) groups is 1.